The van der Waals surface area contributed by atoms with Gasteiger partial charge in [-0.3, -0.25) is 15.0 Å². The lowest BCUT2D eigenvalue weighted by Crippen LogP contribution is -2.52. The number of carbonyl (C=O) groups excluding carboxylic acids is 2. The van der Waals surface area contributed by atoms with E-state index in [0.29, 0.717) is 5.56 Å². The first-order valence-electron chi connectivity index (χ1n) is 7.20. The van der Waals surface area contributed by atoms with E-state index < -0.39 is 17.5 Å². The van der Waals surface area contributed by atoms with Crippen LogP contribution in [0.5, 0.6) is 0 Å². The van der Waals surface area contributed by atoms with Crippen molar-refractivity contribution >= 4 is 11.9 Å². The minimum absolute atomic E-state index is 0.338. The Hall–Kier alpha value is -1.88. The maximum Gasteiger partial charge on any atom is 0.323 e. The van der Waals surface area contributed by atoms with Gasteiger partial charge in [0.15, 0.2) is 5.92 Å². The first-order valence-corrected chi connectivity index (χ1v) is 7.20. The Balaban J connectivity index is 2.17. The summed E-state index contributed by atoms with van der Waals surface area (Å²) < 4.78 is 5.39. The maximum atomic E-state index is 12.4. The number of hydrogen-bond acceptors (Lipinski definition) is 4. The van der Waals surface area contributed by atoms with Crippen molar-refractivity contribution in [1.29, 1.82) is 0 Å². The molecule has 1 N–H and O–H groups in total. The molecule has 114 valence electrons. The Kier molecular flexibility index (Phi) is 4.63. The van der Waals surface area contributed by atoms with Crippen molar-refractivity contribution in [3.05, 3.63) is 35.9 Å². The summed E-state index contributed by atoms with van der Waals surface area (Å²) in [6, 6.07) is 9.00. The largest absolute Gasteiger partial charge is 0.459 e. The lowest BCUT2D eigenvalue weighted by atomic mass is 9.98. The quantitative estimate of drug-likeness (QED) is 0.679. The minimum Gasteiger partial charge on any atom is -0.459 e. The van der Waals surface area contributed by atoms with Crippen molar-refractivity contribution in [3.8, 4) is 0 Å². The molecule has 21 heavy (non-hydrogen) atoms. The average Bonchev–Trinajstić information content (AvgIpc) is 2.33. The number of benzene rings is 1. The van der Waals surface area contributed by atoms with Gasteiger partial charge in [0, 0.05) is 13.1 Å². The first kappa shape index (κ1) is 15.5. The smallest absolute Gasteiger partial charge is 0.323 e. The standard InChI is InChI=1S/C16H22N2O3/c1-16(2,3)21-15(20)13(12-8-5-4-6-9-12)14(19)17-18-10-7-11-18/h4-6,8-9,13H,7,10-11H2,1-3H3,(H,17,19). The highest BCUT2D eigenvalue weighted by molar-refractivity contribution is 6.03. The van der Waals surface area contributed by atoms with Crippen molar-refractivity contribution in [2.24, 2.45) is 0 Å². The molecule has 1 saturated heterocycles. The number of esters is 1. The molecule has 1 aliphatic rings. The van der Waals surface area contributed by atoms with Crippen LogP contribution < -0.4 is 5.43 Å². The van der Waals surface area contributed by atoms with Crippen LogP contribution in [0.4, 0.5) is 0 Å². The normalized spacial score (nSPS) is 16.7. The van der Waals surface area contributed by atoms with E-state index in [2.05, 4.69) is 5.43 Å². The van der Waals surface area contributed by atoms with Crippen molar-refractivity contribution in [3.63, 3.8) is 0 Å². The summed E-state index contributed by atoms with van der Waals surface area (Å²) >= 11 is 0. The fourth-order valence-electron chi connectivity index (χ4n) is 2.05. The molecule has 0 radical (unpaired) electrons. The number of ether oxygens (including phenoxy) is 1. The number of carbonyl (C=O) groups is 2. The molecule has 5 heteroatoms. The Morgan fingerprint density at radius 2 is 1.81 bits per heavy atom. The lowest BCUT2D eigenvalue weighted by molar-refractivity contribution is -0.159. The molecule has 0 aromatic heterocycles. The van der Waals surface area contributed by atoms with Gasteiger partial charge in [-0.1, -0.05) is 30.3 Å². The predicted octanol–water partition coefficient (Wildman–Crippen LogP) is 1.85. The molecule has 0 aliphatic carbocycles. The third kappa shape index (κ3) is 4.29. The molecule has 1 atom stereocenters. The third-order valence-corrected chi connectivity index (χ3v) is 3.16. The molecule has 1 aromatic rings. The van der Waals surface area contributed by atoms with E-state index in [9.17, 15) is 9.59 Å². The molecule has 1 unspecified atom stereocenters. The molecular weight excluding hydrogens is 268 g/mol. The van der Waals surface area contributed by atoms with Gasteiger partial charge in [-0.15, -0.1) is 0 Å². The predicted molar refractivity (Wildman–Crippen MR) is 79.4 cm³/mol. The second kappa shape index (κ2) is 6.26. The highest BCUT2D eigenvalue weighted by Gasteiger charge is 2.34. The molecule has 1 heterocycles. The van der Waals surface area contributed by atoms with Crippen LogP contribution in [0.15, 0.2) is 30.3 Å². The maximum absolute atomic E-state index is 12.4. The monoisotopic (exact) mass is 290 g/mol. The van der Waals surface area contributed by atoms with Gasteiger partial charge in [-0.05, 0) is 32.8 Å². The summed E-state index contributed by atoms with van der Waals surface area (Å²) in [4.78, 5) is 24.8. The van der Waals surface area contributed by atoms with Crippen LogP contribution in [0.1, 0.15) is 38.7 Å². The van der Waals surface area contributed by atoms with Crippen LogP contribution in [-0.4, -0.2) is 35.6 Å². The summed E-state index contributed by atoms with van der Waals surface area (Å²) in [5.41, 5.74) is 2.79. The molecule has 0 saturated carbocycles. The van der Waals surface area contributed by atoms with Crippen LogP contribution in [0.3, 0.4) is 0 Å². The number of hydrazine groups is 1. The zero-order valence-corrected chi connectivity index (χ0v) is 12.8. The lowest BCUT2D eigenvalue weighted by Gasteiger charge is -2.32. The van der Waals surface area contributed by atoms with Crippen LogP contribution in [-0.2, 0) is 14.3 Å². The van der Waals surface area contributed by atoms with Gasteiger partial charge in [-0.25, -0.2) is 5.01 Å². The number of nitrogens with one attached hydrogen (secondary N) is 1. The Morgan fingerprint density at radius 1 is 1.19 bits per heavy atom. The summed E-state index contributed by atoms with van der Waals surface area (Å²) in [5.74, 6) is -1.80. The van der Waals surface area contributed by atoms with Crippen molar-refractivity contribution in [1.82, 2.24) is 10.4 Å². The van der Waals surface area contributed by atoms with Crippen LogP contribution in [0.2, 0.25) is 0 Å². The van der Waals surface area contributed by atoms with E-state index in [1.54, 1.807) is 32.9 Å². The molecule has 0 spiro atoms. The van der Waals surface area contributed by atoms with Gasteiger partial charge in [0.1, 0.15) is 5.60 Å². The Labute approximate surface area is 125 Å². The highest BCUT2D eigenvalue weighted by atomic mass is 16.6. The zero-order chi connectivity index (χ0) is 15.5. The number of hydrogen-bond donors (Lipinski definition) is 1. The molecule has 1 aliphatic heterocycles. The fraction of sp³-hybridized carbons (Fsp3) is 0.500. The molecule has 1 fully saturated rings. The second-order valence-electron chi connectivity index (χ2n) is 6.19. The SMILES string of the molecule is CC(C)(C)OC(=O)C(C(=O)NN1CCC1)c1ccccc1. The molecule has 2 rings (SSSR count). The third-order valence-electron chi connectivity index (χ3n) is 3.16. The van der Waals surface area contributed by atoms with E-state index in [1.165, 1.54) is 0 Å². The molecule has 5 nitrogen and oxygen atoms in total. The Morgan fingerprint density at radius 3 is 2.29 bits per heavy atom. The van der Waals surface area contributed by atoms with E-state index in [0.717, 1.165) is 19.5 Å². The van der Waals surface area contributed by atoms with Gasteiger partial charge in [0.2, 0.25) is 0 Å². The Bertz CT molecular complexity index is 504. The van der Waals surface area contributed by atoms with Crippen LogP contribution >= 0.6 is 0 Å². The van der Waals surface area contributed by atoms with Crippen LogP contribution in [0.25, 0.3) is 0 Å². The fourth-order valence-corrected chi connectivity index (χ4v) is 2.05. The van der Waals surface area contributed by atoms with Gasteiger partial charge in [0.25, 0.3) is 5.91 Å². The number of nitrogens with zero attached hydrogens (tertiary/aromatic N) is 1. The molecule has 1 amide bonds. The first-order chi connectivity index (χ1) is 9.87. The summed E-state index contributed by atoms with van der Waals surface area (Å²) in [7, 11) is 0. The van der Waals surface area contributed by atoms with E-state index in [1.807, 2.05) is 23.2 Å². The van der Waals surface area contributed by atoms with Crippen molar-refractivity contribution in [2.45, 2.75) is 38.7 Å². The molecular formula is C16H22N2O3. The van der Waals surface area contributed by atoms with Gasteiger partial charge >= 0.3 is 5.97 Å². The highest BCUT2D eigenvalue weighted by Crippen LogP contribution is 2.21. The van der Waals surface area contributed by atoms with E-state index in [-0.39, 0.29) is 5.91 Å². The second-order valence-corrected chi connectivity index (χ2v) is 6.19. The van der Waals surface area contributed by atoms with Crippen molar-refractivity contribution < 1.29 is 14.3 Å². The van der Waals surface area contributed by atoms with E-state index >= 15 is 0 Å². The zero-order valence-electron chi connectivity index (χ0n) is 12.8. The summed E-state index contributed by atoms with van der Waals surface area (Å²) in [5, 5.41) is 1.81. The van der Waals surface area contributed by atoms with Crippen molar-refractivity contribution in [2.75, 3.05) is 13.1 Å². The van der Waals surface area contributed by atoms with Gasteiger partial charge in [0.05, 0.1) is 0 Å². The average molecular weight is 290 g/mol. The molecule has 1 aromatic carbocycles. The minimum atomic E-state index is -0.939. The van der Waals surface area contributed by atoms with Gasteiger partial charge in [-0.2, -0.15) is 0 Å². The summed E-state index contributed by atoms with van der Waals surface area (Å²) in [6.07, 6.45) is 1.06. The number of rotatable bonds is 4. The summed E-state index contributed by atoms with van der Waals surface area (Å²) in [6.45, 7) is 7.02. The van der Waals surface area contributed by atoms with Crippen LogP contribution in [0, 0.1) is 0 Å². The molecule has 0 bridgehead atoms. The number of amides is 1. The van der Waals surface area contributed by atoms with E-state index in [4.69, 9.17) is 4.74 Å². The topological polar surface area (TPSA) is 58.6 Å². The van der Waals surface area contributed by atoms with Gasteiger partial charge < -0.3 is 4.74 Å².